The minimum absolute atomic E-state index is 0.272. The maximum atomic E-state index is 13.1. The van der Waals surface area contributed by atoms with E-state index >= 15 is 0 Å². The lowest BCUT2D eigenvalue weighted by Gasteiger charge is -2.22. The van der Waals surface area contributed by atoms with Crippen LogP contribution in [0, 0.1) is 0 Å². The van der Waals surface area contributed by atoms with E-state index in [1.807, 2.05) is 0 Å². The van der Waals surface area contributed by atoms with E-state index < -0.39 is 32.4 Å². The van der Waals surface area contributed by atoms with Crippen molar-refractivity contribution in [2.45, 2.75) is 15.4 Å². The summed E-state index contributed by atoms with van der Waals surface area (Å²) in [5, 5.41) is -10.6. The predicted molar refractivity (Wildman–Crippen MR) is 61.4 cm³/mol. The number of benzene rings is 1. The molecule has 1 aromatic carbocycles. The van der Waals surface area contributed by atoms with Crippen molar-refractivity contribution in [3.63, 3.8) is 0 Å². The van der Waals surface area contributed by atoms with Crippen LogP contribution in [0.3, 0.4) is 0 Å². The second-order valence-corrected chi connectivity index (χ2v) is 6.63. The molecule has 1 aromatic rings. The highest BCUT2D eigenvalue weighted by Gasteiger charge is 2.66. The number of thioether (sulfide) groups is 1. The minimum Gasteiger partial charge on any atom is -0.281 e. The summed E-state index contributed by atoms with van der Waals surface area (Å²) < 4.78 is 81.2. The molecule has 0 radical (unpaired) electrons. The Morgan fingerprint density at radius 3 is 1.94 bits per heavy atom. The Kier molecular flexibility index (Phi) is 4.36. The van der Waals surface area contributed by atoms with Crippen LogP contribution in [-0.4, -0.2) is 23.5 Å². The zero-order chi connectivity index (χ0) is 14.2. The van der Waals surface area contributed by atoms with Gasteiger partial charge in [-0.1, -0.05) is 15.9 Å². The van der Waals surface area contributed by atoms with Gasteiger partial charge in [0.1, 0.15) is 0 Å². The average Bonchev–Trinajstić information content (AvgIpc) is 2.19. The van der Waals surface area contributed by atoms with Crippen LogP contribution >= 0.6 is 27.7 Å². The van der Waals surface area contributed by atoms with Gasteiger partial charge in [-0.2, -0.15) is 26.0 Å². The smallest absolute Gasteiger partial charge is 0.281 e. The first-order chi connectivity index (χ1) is 7.97. The summed E-state index contributed by atoms with van der Waals surface area (Å²) in [5.74, 6) is 0. The molecule has 10 heteroatoms. The molecular weight excluding hydrogens is 364 g/mol. The van der Waals surface area contributed by atoms with Crippen LogP contribution in [0.2, 0.25) is 0 Å². The highest BCUT2D eigenvalue weighted by molar-refractivity contribution is 9.10. The molecule has 0 amide bonds. The monoisotopic (exact) mass is 368 g/mol. The Labute approximate surface area is 112 Å². The topological polar surface area (TPSA) is 54.4 Å². The van der Waals surface area contributed by atoms with E-state index in [1.54, 1.807) is 0 Å². The van der Waals surface area contributed by atoms with Crippen LogP contribution in [0.25, 0.3) is 0 Å². The standard InChI is InChI=1S/C8H5BrF4O3S2/c9-5-1-3-6(4-2-5)17-7(10,11)8(12,13)18(14,15)16/h1-4H,(H,14,15,16). The molecule has 1 rings (SSSR count). The van der Waals surface area contributed by atoms with Crippen LogP contribution in [0.15, 0.2) is 33.6 Å². The fraction of sp³-hybridized carbons (Fsp3) is 0.250. The summed E-state index contributed by atoms with van der Waals surface area (Å²) in [5.41, 5.74) is 0. The van der Waals surface area contributed by atoms with Gasteiger partial charge in [0.15, 0.2) is 0 Å². The summed E-state index contributed by atoms with van der Waals surface area (Å²) in [6.07, 6.45) is 0. The van der Waals surface area contributed by atoms with E-state index in [0.29, 0.717) is 4.47 Å². The van der Waals surface area contributed by atoms with Crippen molar-refractivity contribution >= 4 is 37.8 Å². The third-order valence-corrected chi connectivity index (χ3v) is 4.31. The zero-order valence-electron chi connectivity index (χ0n) is 8.28. The van der Waals surface area contributed by atoms with Crippen molar-refractivity contribution in [2.24, 2.45) is 0 Å². The van der Waals surface area contributed by atoms with E-state index in [1.165, 1.54) is 12.1 Å². The van der Waals surface area contributed by atoms with E-state index in [-0.39, 0.29) is 4.90 Å². The molecule has 0 saturated heterocycles. The number of hydrogen-bond donors (Lipinski definition) is 1. The number of alkyl halides is 4. The molecule has 18 heavy (non-hydrogen) atoms. The molecule has 0 spiro atoms. The van der Waals surface area contributed by atoms with Gasteiger partial charge in [0.25, 0.3) is 0 Å². The van der Waals surface area contributed by atoms with Gasteiger partial charge in [-0.05, 0) is 36.0 Å². The highest BCUT2D eigenvalue weighted by Crippen LogP contribution is 2.49. The summed E-state index contributed by atoms with van der Waals surface area (Å²) in [6.45, 7) is 0. The van der Waals surface area contributed by atoms with Crippen molar-refractivity contribution in [3.8, 4) is 0 Å². The minimum atomic E-state index is -6.20. The van der Waals surface area contributed by atoms with Gasteiger partial charge in [-0.25, -0.2) is 0 Å². The molecule has 0 aliphatic rings. The Bertz CT molecular complexity index is 530. The van der Waals surface area contributed by atoms with Gasteiger partial charge in [0.2, 0.25) is 0 Å². The Morgan fingerprint density at radius 1 is 1.11 bits per heavy atom. The zero-order valence-corrected chi connectivity index (χ0v) is 11.5. The van der Waals surface area contributed by atoms with Crippen LogP contribution in [-0.2, 0) is 10.1 Å². The summed E-state index contributed by atoms with van der Waals surface area (Å²) in [6, 6.07) is 4.85. The average molecular weight is 369 g/mol. The van der Waals surface area contributed by atoms with Gasteiger partial charge in [0.05, 0.1) is 0 Å². The number of halogens is 5. The number of hydrogen-bond acceptors (Lipinski definition) is 3. The molecule has 0 aliphatic carbocycles. The van der Waals surface area contributed by atoms with Crippen molar-refractivity contribution < 1.29 is 30.5 Å². The largest absolute Gasteiger partial charge is 0.442 e. The van der Waals surface area contributed by atoms with E-state index in [4.69, 9.17) is 4.55 Å². The quantitative estimate of drug-likeness (QED) is 0.501. The Morgan fingerprint density at radius 2 is 1.56 bits per heavy atom. The number of rotatable bonds is 4. The summed E-state index contributed by atoms with van der Waals surface area (Å²) >= 11 is 2.36. The van der Waals surface area contributed by atoms with E-state index in [2.05, 4.69) is 15.9 Å². The lowest BCUT2D eigenvalue weighted by atomic mass is 10.4. The molecule has 0 saturated carbocycles. The molecule has 0 unspecified atom stereocenters. The maximum Gasteiger partial charge on any atom is 0.442 e. The van der Waals surface area contributed by atoms with Crippen molar-refractivity contribution in [1.29, 1.82) is 0 Å². The van der Waals surface area contributed by atoms with Crippen LogP contribution in [0.1, 0.15) is 0 Å². The van der Waals surface area contributed by atoms with Crippen LogP contribution in [0.4, 0.5) is 17.6 Å². The molecule has 0 fully saturated rings. The molecule has 3 nitrogen and oxygen atoms in total. The third kappa shape index (κ3) is 3.16. The highest BCUT2D eigenvalue weighted by atomic mass is 79.9. The maximum absolute atomic E-state index is 13.1. The molecule has 0 bridgehead atoms. The first-order valence-corrected chi connectivity index (χ1v) is 7.19. The van der Waals surface area contributed by atoms with E-state index in [0.717, 1.165) is 12.1 Å². The van der Waals surface area contributed by atoms with Gasteiger partial charge < -0.3 is 0 Å². The Hall–Kier alpha value is -0.320. The molecule has 0 atom stereocenters. The summed E-state index contributed by atoms with van der Waals surface area (Å²) in [7, 11) is -6.20. The lowest BCUT2D eigenvalue weighted by Crippen LogP contribution is -2.44. The van der Waals surface area contributed by atoms with Crippen LogP contribution in [0.5, 0.6) is 0 Å². The molecule has 102 valence electrons. The fourth-order valence-corrected chi connectivity index (χ4v) is 2.55. The van der Waals surface area contributed by atoms with Gasteiger partial charge in [-0.15, -0.1) is 0 Å². The lowest BCUT2D eigenvalue weighted by molar-refractivity contribution is -0.0946. The first kappa shape index (κ1) is 15.7. The van der Waals surface area contributed by atoms with Gasteiger partial charge >= 0.3 is 20.6 Å². The molecule has 0 heterocycles. The van der Waals surface area contributed by atoms with Gasteiger partial charge in [0, 0.05) is 9.37 Å². The SMILES string of the molecule is O=S(=O)(O)C(F)(F)C(F)(F)Sc1ccc(Br)cc1. The first-order valence-electron chi connectivity index (χ1n) is 4.14. The second-order valence-electron chi connectivity index (χ2n) is 3.06. The molecular formula is C8H5BrF4O3S2. The molecule has 1 N–H and O–H groups in total. The molecule has 0 aliphatic heterocycles. The predicted octanol–water partition coefficient (Wildman–Crippen LogP) is 3.61. The van der Waals surface area contributed by atoms with Crippen LogP contribution < -0.4 is 0 Å². The van der Waals surface area contributed by atoms with Crippen molar-refractivity contribution in [2.75, 3.05) is 0 Å². The normalized spacial score (nSPS) is 13.7. The van der Waals surface area contributed by atoms with Gasteiger partial charge in [-0.3, -0.25) is 4.55 Å². The Balaban J connectivity index is 3.05. The van der Waals surface area contributed by atoms with E-state index in [9.17, 15) is 26.0 Å². The van der Waals surface area contributed by atoms with Crippen molar-refractivity contribution in [3.05, 3.63) is 28.7 Å². The fourth-order valence-electron chi connectivity index (χ4n) is 0.860. The third-order valence-electron chi connectivity index (χ3n) is 1.72. The molecule has 0 aromatic heterocycles. The second kappa shape index (κ2) is 4.99. The van der Waals surface area contributed by atoms with Crippen molar-refractivity contribution in [1.82, 2.24) is 0 Å². The summed E-state index contributed by atoms with van der Waals surface area (Å²) in [4.78, 5) is -0.272.